The van der Waals surface area contributed by atoms with Crippen LogP contribution in [0.2, 0.25) is 0 Å². The molecule has 12 rings (SSSR count). The molecule has 272 valence electrons. The molecule has 11 aromatic rings. The Balaban J connectivity index is 1.17. The van der Waals surface area contributed by atoms with Gasteiger partial charge in [0.2, 0.25) is 0 Å². The van der Waals surface area contributed by atoms with Crippen molar-refractivity contribution in [2.75, 3.05) is 0 Å². The molecule has 2 atom stereocenters. The number of nitrogens with zero attached hydrogens (tertiary/aromatic N) is 1. The molecule has 0 aromatic heterocycles. The molecule has 0 saturated heterocycles. The van der Waals surface area contributed by atoms with E-state index in [1.807, 2.05) is 0 Å². The van der Waals surface area contributed by atoms with E-state index < -0.39 is 0 Å². The van der Waals surface area contributed by atoms with E-state index in [2.05, 4.69) is 211 Å². The van der Waals surface area contributed by atoms with Gasteiger partial charge in [0, 0.05) is 5.56 Å². The summed E-state index contributed by atoms with van der Waals surface area (Å²) in [4.78, 5) is 5.77. The lowest BCUT2D eigenvalue weighted by Gasteiger charge is -2.34. The van der Waals surface area contributed by atoms with Gasteiger partial charge in [-0.1, -0.05) is 188 Å². The maximum absolute atomic E-state index is 5.77. The molecule has 0 fully saturated rings. The van der Waals surface area contributed by atoms with Crippen LogP contribution in [0.3, 0.4) is 0 Å². The van der Waals surface area contributed by atoms with Crippen LogP contribution in [0.25, 0.3) is 86.5 Å². The van der Waals surface area contributed by atoms with Crippen LogP contribution in [-0.2, 0) is 0 Å². The molecule has 0 spiro atoms. The van der Waals surface area contributed by atoms with E-state index in [0.29, 0.717) is 0 Å². The number of aliphatic imine (C=N–C) groups is 1. The van der Waals surface area contributed by atoms with Crippen molar-refractivity contribution in [3.63, 3.8) is 0 Å². The highest BCUT2D eigenvalue weighted by atomic mass is 15.3. The van der Waals surface area contributed by atoms with Crippen LogP contribution in [0.15, 0.2) is 205 Å². The van der Waals surface area contributed by atoms with Crippen LogP contribution >= 0.6 is 0 Å². The minimum Gasteiger partial charge on any atom is -0.350 e. The Bertz CT molecular complexity index is 3480. The number of rotatable bonds is 4. The highest BCUT2D eigenvalue weighted by Crippen LogP contribution is 2.43. The first-order valence-electron chi connectivity index (χ1n) is 20.1. The van der Waals surface area contributed by atoms with Gasteiger partial charge < -0.3 is 5.32 Å². The van der Waals surface area contributed by atoms with Gasteiger partial charge in [-0.3, -0.25) is 5.32 Å². The van der Waals surface area contributed by atoms with Gasteiger partial charge in [0.25, 0.3) is 0 Å². The highest BCUT2D eigenvalue weighted by molar-refractivity contribution is 6.32. The molecule has 1 aliphatic rings. The second-order valence-corrected chi connectivity index (χ2v) is 15.5. The summed E-state index contributed by atoms with van der Waals surface area (Å²) in [5, 5.41) is 25.3. The zero-order valence-corrected chi connectivity index (χ0v) is 31.7. The van der Waals surface area contributed by atoms with Crippen molar-refractivity contribution in [1.82, 2.24) is 10.6 Å². The van der Waals surface area contributed by atoms with Crippen molar-refractivity contribution < 1.29 is 0 Å². The SMILES string of the molecule is c1ccc(-c2ccccc2C2NC(c3c4ccccc4cc4c3ccc3ccccc34)=NC(c3cc4c5ccccc5c5ccccc5c4c4ccccc34)N2)cc1. The predicted molar refractivity (Wildman–Crippen MR) is 246 cm³/mol. The number of nitrogens with one attached hydrogen (secondary N) is 2. The summed E-state index contributed by atoms with van der Waals surface area (Å²) in [6.45, 7) is 0. The normalized spacial score (nSPS) is 15.8. The zero-order chi connectivity index (χ0) is 38.2. The van der Waals surface area contributed by atoms with E-state index in [1.165, 1.54) is 92.1 Å². The Labute approximate surface area is 335 Å². The van der Waals surface area contributed by atoms with Crippen molar-refractivity contribution >= 4 is 81.2 Å². The van der Waals surface area contributed by atoms with Crippen molar-refractivity contribution in [3.8, 4) is 11.1 Å². The summed E-state index contributed by atoms with van der Waals surface area (Å²) < 4.78 is 0. The second kappa shape index (κ2) is 13.1. The molecule has 0 radical (unpaired) electrons. The van der Waals surface area contributed by atoms with E-state index in [1.54, 1.807) is 0 Å². The van der Waals surface area contributed by atoms with E-state index in [9.17, 15) is 0 Å². The number of hydrogen-bond acceptors (Lipinski definition) is 3. The van der Waals surface area contributed by atoms with Gasteiger partial charge in [-0.05, 0) is 110 Å². The molecule has 0 aliphatic carbocycles. The van der Waals surface area contributed by atoms with Gasteiger partial charge >= 0.3 is 0 Å². The first kappa shape index (κ1) is 32.9. The first-order valence-corrected chi connectivity index (χ1v) is 20.1. The molecular weight excluding hydrogens is 703 g/mol. The molecule has 1 heterocycles. The third-order valence-corrected chi connectivity index (χ3v) is 12.3. The third-order valence-electron chi connectivity index (χ3n) is 12.3. The zero-order valence-electron chi connectivity index (χ0n) is 31.7. The molecule has 2 N–H and O–H groups in total. The standard InChI is InChI=1S/C55H37N3/c1-2-16-34(17-3-1)37-20-8-15-29-47(37)53-56-54(58-55(57-53)52-39-22-7-5-19-36(39)32-48-38-21-6-4-18-35(38)30-31-46(48)52)50-33-49-42-25-10-9-23-40(42)41-24-11-13-27-44(41)51(49)45-28-14-12-26-43(45)50/h1-33,53-54,56H,(H,57,58). The number of amidine groups is 1. The van der Waals surface area contributed by atoms with E-state index in [-0.39, 0.29) is 12.3 Å². The van der Waals surface area contributed by atoms with Gasteiger partial charge in [0.15, 0.2) is 0 Å². The summed E-state index contributed by atoms with van der Waals surface area (Å²) in [7, 11) is 0. The molecule has 3 nitrogen and oxygen atoms in total. The lowest BCUT2D eigenvalue weighted by molar-refractivity contribution is 0.412. The average molecular weight is 740 g/mol. The van der Waals surface area contributed by atoms with Gasteiger partial charge in [-0.25, -0.2) is 4.99 Å². The Kier molecular flexibility index (Phi) is 7.44. The Hall–Kier alpha value is -7.33. The molecule has 2 unspecified atom stereocenters. The Morgan fingerprint density at radius 2 is 0.931 bits per heavy atom. The summed E-state index contributed by atoms with van der Waals surface area (Å²) in [6.07, 6.45) is -0.634. The van der Waals surface area contributed by atoms with Crippen molar-refractivity contribution in [2.45, 2.75) is 12.3 Å². The number of fused-ring (bicyclic) bond motifs is 12. The van der Waals surface area contributed by atoms with Gasteiger partial charge in [0.05, 0.1) is 0 Å². The van der Waals surface area contributed by atoms with E-state index >= 15 is 0 Å². The summed E-state index contributed by atoms with van der Waals surface area (Å²) in [6, 6.07) is 72.9. The Morgan fingerprint density at radius 1 is 0.362 bits per heavy atom. The quantitative estimate of drug-likeness (QED) is 0.139. The largest absolute Gasteiger partial charge is 0.350 e. The Morgan fingerprint density at radius 3 is 1.71 bits per heavy atom. The van der Waals surface area contributed by atoms with Crippen LogP contribution in [0, 0.1) is 0 Å². The smallest absolute Gasteiger partial charge is 0.133 e. The summed E-state index contributed by atoms with van der Waals surface area (Å²) >= 11 is 0. The molecule has 1 aliphatic heterocycles. The van der Waals surface area contributed by atoms with Crippen LogP contribution < -0.4 is 10.6 Å². The molecule has 0 bridgehead atoms. The van der Waals surface area contributed by atoms with Crippen molar-refractivity contribution in [3.05, 3.63) is 217 Å². The maximum atomic E-state index is 5.77. The van der Waals surface area contributed by atoms with Crippen LogP contribution in [-0.4, -0.2) is 5.84 Å². The fourth-order valence-corrected chi connectivity index (χ4v) is 9.73. The molecule has 58 heavy (non-hydrogen) atoms. The predicted octanol–water partition coefficient (Wildman–Crippen LogP) is 13.8. The second-order valence-electron chi connectivity index (χ2n) is 15.5. The molecule has 11 aromatic carbocycles. The first-order chi connectivity index (χ1) is 28.8. The topological polar surface area (TPSA) is 36.4 Å². The van der Waals surface area contributed by atoms with Crippen LogP contribution in [0.5, 0.6) is 0 Å². The highest BCUT2D eigenvalue weighted by Gasteiger charge is 2.30. The van der Waals surface area contributed by atoms with Gasteiger partial charge in [-0.15, -0.1) is 0 Å². The minimum absolute atomic E-state index is 0.258. The molecule has 0 saturated carbocycles. The average Bonchev–Trinajstić information content (AvgIpc) is 3.30. The van der Waals surface area contributed by atoms with Crippen LogP contribution in [0.4, 0.5) is 0 Å². The fourth-order valence-electron chi connectivity index (χ4n) is 9.73. The van der Waals surface area contributed by atoms with Gasteiger partial charge in [-0.2, -0.15) is 0 Å². The molecule has 0 amide bonds. The number of benzene rings is 11. The summed E-state index contributed by atoms with van der Waals surface area (Å²) in [5.74, 6) is 0.876. The van der Waals surface area contributed by atoms with Gasteiger partial charge in [0.1, 0.15) is 18.2 Å². The lowest BCUT2D eigenvalue weighted by Crippen LogP contribution is -2.45. The molecular formula is C55H37N3. The lowest BCUT2D eigenvalue weighted by atomic mass is 9.88. The van der Waals surface area contributed by atoms with Crippen molar-refractivity contribution in [2.24, 2.45) is 4.99 Å². The molecule has 3 heteroatoms. The summed E-state index contributed by atoms with van der Waals surface area (Å²) in [5.41, 5.74) is 5.80. The van der Waals surface area contributed by atoms with E-state index in [4.69, 9.17) is 4.99 Å². The maximum Gasteiger partial charge on any atom is 0.133 e. The van der Waals surface area contributed by atoms with Crippen LogP contribution in [0.1, 0.15) is 29.0 Å². The fraction of sp³-hybridized carbons (Fsp3) is 0.0364. The van der Waals surface area contributed by atoms with Crippen molar-refractivity contribution in [1.29, 1.82) is 0 Å². The van der Waals surface area contributed by atoms with E-state index in [0.717, 1.165) is 17.0 Å². The minimum atomic E-state index is -0.376. The monoisotopic (exact) mass is 739 g/mol. The third kappa shape index (κ3) is 5.07. The number of hydrogen-bond donors (Lipinski definition) is 2.